The molecule has 1 aromatic heterocycles. The van der Waals surface area contributed by atoms with Gasteiger partial charge in [-0.25, -0.2) is 0 Å². The highest BCUT2D eigenvalue weighted by molar-refractivity contribution is 5.23. The van der Waals surface area contributed by atoms with Gasteiger partial charge in [0.2, 0.25) is 0 Å². The van der Waals surface area contributed by atoms with Gasteiger partial charge in [-0.3, -0.25) is 5.10 Å². The van der Waals surface area contributed by atoms with Gasteiger partial charge in [-0.1, -0.05) is 6.92 Å². The number of aromatic nitrogens is 2. The number of nitrogens with zero attached hydrogens (tertiary/aromatic N) is 1. The SMILES string of the molecule is CCC(C)OCC1(c2ccn[nH]2)CC1. The van der Waals surface area contributed by atoms with Gasteiger partial charge in [-0.05, 0) is 32.3 Å². The third kappa shape index (κ3) is 1.82. The molecule has 0 amide bonds. The number of rotatable bonds is 5. The molecule has 1 atom stereocenters. The molecule has 2 rings (SSSR count). The smallest absolute Gasteiger partial charge is 0.0581 e. The topological polar surface area (TPSA) is 37.9 Å². The summed E-state index contributed by atoms with van der Waals surface area (Å²) in [5.41, 5.74) is 1.50. The molecule has 3 nitrogen and oxygen atoms in total. The predicted octanol–water partition coefficient (Wildman–Crippen LogP) is 2.26. The maximum atomic E-state index is 5.79. The van der Waals surface area contributed by atoms with Crippen LogP contribution in [0.5, 0.6) is 0 Å². The second-order valence-electron chi connectivity index (χ2n) is 4.28. The molecule has 1 N–H and O–H groups in total. The van der Waals surface area contributed by atoms with E-state index in [1.807, 2.05) is 6.20 Å². The molecule has 1 aliphatic rings. The molecule has 1 fully saturated rings. The molecular weight excluding hydrogens is 176 g/mol. The van der Waals surface area contributed by atoms with Gasteiger partial charge in [0, 0.05) is 17.3 Å². The third-order valence-electron chi connectivity index (χ3n) is 3.14. The highest BCUT2D eigenvalue weighted by Crippen LogP contribution is 2.47. The fourth-order valence-electron chi connectivity index (χ4n) is 1.61. The largest absolute Gasteiger partial charge is 0.378 e. The Morgan fingerprint density at radius 2 is 2.43 bits per heavy atom. The first kappa shape index (κ1) is 9.71. The zero-order valence-corrected chi connectivity index (χ0v) is 8.92. The number of ether oxygens (including phenoxy) is 1. The number of hydrogen-bond acceptors (Lipinski definition) is 2. The Kier molecular flexibility index (Phi) is 2.59. The number of aromatic amines is 1. The lowest BCUT2D eigenvalue weighted by molar-refractivity contribution is 0.0472. The van der Waals surface area contributed by atoms with Crippen molar-refractivity contribution in [3.8, 4) is 0 Å². The fraction of sp³-hybridized carbons (Fsp3) is 0.727. The maximum absolute atomic E-state index is 5.79. The van der Waals surface area contributed by atoms with Crippen LogP contribution >= 0.6 is 0 Å². The summed E-state index contributed by atoms with van der Waals surface area (Å²) in [6, 6.07) is 2.06. The summed E-state index contributed by atoms with van der Waals surface area (Å²) in [7, 11) is 0. The van der Waals surface area contributed by atoms with E-state index in [2.05, 4.69) is 30.1 Å². The Balaban J connectivity index is 1.91. The van der Waals surface area contributed by atoms with E-state index in [9.17, 15) is 0 Å². The summed E-state index contributed by atoms with van der Waals surface area (Å²) < 4.78 is 5.79. The lowest BCUT2D eigenvalue weighted by Crippen LogP contribution is -2.20. The quantitative estimate of drug-likeness (QED) is 0.780. The zero-order valence-electron chi connectivity index (χ0n) is 8.92. The Hall–Kier alpha value is -0.830. The average molecular weight is 194 g/mol. The van der Waals surface area contributed by atoms with E-state index in [1.54, 1.807) is 0 Å². The van der Waals surface area contributed by atoms with Gasteiger partial charge in [0.15, 0.2) is 0 Å². The van der Waals surface area contributed by atoms with Crippen molar-refractivity contribution in [3.63, 3.8) is 0 Å². The van der Waals surface area contributed by atoms with Crippen molar-refractivity contribution in [1.82, 2.24) is 10.2 Å². The molecule has 0 aliphatic heterocycles. The first-order valence-corrected chi connectivity index (χ1v) is 5.38. The minimum absolute atomic E-state index is 0.264. The standard InChI is InChI=1S/C11H18N2O/c1-3-9(2)14-8-11(5-6-11)10-4-7-12-13-10/h4,7,9H,3,5-6,8H2,1-2H3,(H,12,13). The van der Waals surface area contributed by atoms with Crippen molar-refractivity contribution < 1.29 is 4.74 Å². The molecule has 0 bridgehead atoms. The van der Waals surface area contributed by atoms with E-state index in [0.29, 0.717) is 6.10 Å². The summed E-state index contributed by atoms with van der Waals surface area (Å²) in [5, 5.41) is 7.05. The van der Waals surface area contributed by atoms with Crippen molar-refractivity contribution in [2.24, 2.45) is 0 Å². The zero-order chi connectivity index (χ0) is 10.0. The van der Waals surface area contributed by atoms with Gasteiger partial charge in [-0.2, -0.15) is 5.10 Å². The summed E-state index contributed by atoms with van der Waals surface area (Å²) in [4.78, 5) is 0. The molecule has 1 aliphatic carbocycles. The molecule has 78 valence electrons. The lowest BCUT2D eigenvalue weighted by Gasteiger charge is -2.17. The highest BCUT2D eigenvalue weighted by Gasteiger charge is 2.46. The van der Waals surface area contributed by atoms with Crippen LogP contribution in [-0.2, 0) is 10.2 Å². The van der Waals surface area contributed by atoms with Crippen molar-refractivity contribution >= 4 is 0 Å². The number of hydrogen-bond donors (Lipinski definition) is 1. The Bertz CT molecular complexity index is 277. The molecule has 0 radical (unpaired) electrons. The monoisotopic (exact) mass is 194 g/mol. The summed E-state index contributed by atoms with van der Waals surface area (Å²) in [6.07, 6.45) is 5.73. The number of H-pyrrole nitrogens is 1. The summed E-state index contributed by atoms with van der Waals surface area (Å²) in [6.45, 7) is 5.12. The molecule has 0 spiro atoms. The van der Waals surface area contributed by atoms with Gasteiger partial charge < -0.3 is 4.74 Å². The molecule has 1 aromatic rings. The third-order valence-corrected chi connectivity index (χ3v) is 3.14. The second kappa shape index (κ2) is 3.73. The van der Waals surface area contributed by atoms with Crippen LogP contribution in [-0.4, -0.2) is 22.9 Å². The van der Waals surface area contributed by atoms with Crippen LogP contribution in [0.2, 0.25) is 0 Å². The van der Waals surface area contributed by atoms with Gasteiger partial charge in [0.1, 0.15) is 0 Å². The Morgan fingerprint density at radius 3 is 2.93 bits per heavy atom. The molecule has 14 heavy (non-hydrogen) atoms. The van der Waals surface area contributed by atoms with Gasteiger partial charge in [0.05, 0.1) is 12.7 Å². The molecule has 1 unspecified atom stereocenters. The van der Waals surface area contributed by atoms with Crippen LogP contribution in [0, 0.1) is 0 Å². The van der Waals surface area contributed by atoms with Gasteiger partial charge in [-0.15, -0.1) is 0 Å². The van der Waals surface area contributed by atoms with Crippen LogP contribution in [0.3, 0.4) is 0 Å². The van der Waals surface area contributed by atoms with Crippen molar-refractivity contribution in [3.05, 3.63) is 18.0 Å². The summed E-state index contributed by atoms with van der Waals surface area (Å²) >= 11 is 0. The first-order valence-electron chi connectivity index (χ1n) is 5.38. The summed E-state index contributed by atoms with van der Waals surface area (Å²) in [5.74, 6) is 0. The average Bonchev–Trinajstić information content (AvgIpc) is 2.79. The highest BCUT2D eigenvalue weighted by atomic mass is 16.5. The molecule has 1 heterocycles. The van der Waals surface area contributed by atoms with Crippen molar-refractivity contribution in [1.29, 1.82) is 0 Å². The predicted molar refractivity (Wildman–Crippen MR) is 55.2 cm³/mol. The molecule has 3 heteroatoms. The van der Waals surface area contributed by atoms with Crippen molar-refractivity contribution in [2.45, 2.75) is 44.6 Å². The Labute approximate surface area is 84.9 Å². The second-order valence-corrected chi connectivity index (χ2v) is 4.28. The fourth-order valence-corrected chi connectivity index (χ4v) is 1.61. The van der Waals surface area contributed by atoms with E-state index >= 15 is 0 Å². The molecule has 0 saturated heterocycles. The Morgan fingerprint density at radius 1 is 1.64 bits per heavy atom. The van der Waals surface area contributed by atoms with E-state index < -0.39 is 0 Å². The molecule has 0 aromatic carbocycles. The number of nitrogens with one attached hydrogen (secondary N) is 1. The molecular formula is C11H18N2O. The maximum Gasteiger partial charge on any atom is 0.0581 e. The molecule has 1 saturated carbocycles. The van der Waals surface area contributed by atoms with Crippen molar-refractivity contribution in [2.75, 3.05) is 6.61 Å². The van der Waals surface area contributed by atoms with Crippen LogP contribution in [0.1, 0.15) is 38.8 Å². The van der Waals surface area contributed by atoms with Gasteiger partial charge in [0.25, 0.3) is 0 Å². The minimum Gasteiger partial charge on any atom is -0.378 e. The van der Waals surface area contributed by atoms with E-state index in [-0.39, 0.29) is 5.41 Å². The van der Waals surface area contributed by atoms with E-state index in [0.717, 1.165) is 13.0 Å². The van der Waals surface area contributed by atoms with E-state index in [4.69, 9.17) is 4.74 Å². The van der Waals surface area contributed by atoms with Crippen LogP contribution in [0.25, 0.3) is 0 Å². The normalized spacial score (nSPS) is 20.7. The van der Waals surface area contributed by atoms with E-state index in [1.165, 1.54) is 18.5 Å². The van der Waals surface area contributed by atoms with Crippen LogP contribution in [0.15, 0.2) is 12.3 Å². The first-order chi connectivity index (χ1) is 6.77. The van der Waals surface area contributed by atoms with Gasteiger partial charge >= 0.3 is 0 Å². The lowest BCUT2D eigenvalue weighted by atomic mass is 10.0. The van der Waals surface area contributed by atoms with Crippen LogP contribution in [0.4, 0.5) is 0 Å². The minimum atomic E-state index is 0.264. The van der Waals surface area contributed by atoms with Crippen LogP contribution < -0.4 is 0 Å².